The van der Waals surface area contributed by atoms with E-state index in [1.165, 1.54) is 4.57 Å². The van der Waals surface area contributed by atoms with E-state index in [-0.39, 0.29) is 25.3 Å². The highest BCUT2D eigenvalue weighted by atomic mass is 35.5. The number of carbonyl (C=O) groups excluding carboxylic acids is 1. The van der Waals surface area contributed by atoms with Gasteiger partial charge in [0.25, 0.3) is 0 Å². The summed E-state index contributed by atoms with van der Waals surface area (Å²) < 4.78 is 40.8. The molecule has 3 heterocycles. The molecule has 7 nitrogen and oxygen atoms in total. The predicted octanol–water partition coefficient (Wildman–Crippen LogP) is 1.00. The number of rotatable bonds is 3. The summed E-state index contributed by atoms with van der Waals surface area (Å²) in [6.45, 7) is 0.230. The van der Waals surface area contributed by atoms with Crippen molar-refractivity contribution >= 4 is 17.9 Å². The molecule has 0 bridgehead atoms. The van der Waals surface area contributed by atoms with E-state index in [4.69, 9.17) is 11.6 Å². The lowest BCUT2D eigenvalue weighted by atomic mass is 10.2. The number of halogens is 4. The molecule has 1 unspecified atom stereocenters. The van der Waals surface area contributed by atoms with Crippen LogP contribution in [0.1, 0.15) is 23.1 Å². The van der Waals surface area contributed by atoms with Crippen molar-refractivity contribution in [3.05, 3.63) is 44.9 Å². The minimum atomic E-state index is -4.63. The number of carbonyl (C=O) groups is 1. The minimum Gasteiger partial charge on any atom is -0.307 e. The first kappa shape index (κ1) is 16.7. The second-order valence-corrected chi connectivity index (χ2v) is 5.56. The van der Waals surface area contributed by atoms with Crippen LogP contribution in [0.2, 0.25) is 5.02 Å². The number of hydrogen-bond donors (Lipinski definition) is 1. The molecule has 0 radical (unpaired) electrons. The second kappa shape index (κ2) is 6.02. The molecule has 1 atom stereocenters. The maximum Gasteiger partial charge on any atom is 0.417 e. The van der Waals surface area contributed by atoms with Crippen LogP contribution in [-0.4, -0.2) is 32.2 Å². The summed E-state index contributed by atoms with van der Waals surface area (Å²) in [5.41, 5.74) is -1.75. The normalized spacial score (nSPS) is 17.6. The number of pyridine rings is 1. The molecule has 0 aromatic carbocycles. The zero-order valence-corrected chi connectivity index (χ0v) is 12.8. The summed E-state index contributed by atoms with van der Waals surface area (Å²) in [5, 5.41) is 6.40. The largest absolute Gasteiger partial charge is 0.417 e. The van der Waals surface area contributed by atoms with E-state index in [1.54, 1.807) is 0 Å². The van der Waals surface area contributed by atoms with Gasteiger partial charge in [-0.05, 0) is 6.07 Å². The summed E-state index contributed by atoms with van der Waals surface area (Å²) in [5.74, 6) is 0.325. The standard InChI is InChI=1S/C13H11ClF3N5O2/c14-11-8(13(15,16)17)1-2-19-9(11)5-21-12(24)22-7(6-23)3-18-4-10(22)20-21/h1-2,6-7,18H,3-5H2. The van der Waals surface area contributed by atoms with E-state index in [0.717, 1.165) is 16.9 Å². The lowest BCUT2D eigenvalue weighted by Crippen LogP contribution is -2.39. The van der Waals surface area contributed by atoms with Crippen LogP contribution < -0.4 is 11.0 Å². The van der Waals surface area contributed by atoms with Gasteiger partial charge in [-0.3, -0.25) is 9.55 Å². The molecule has 1 aliphatic heterocycles. The van der Waals surface area contributed by atoms with Crippen LogP contribution in [-0.2, 0) is 24.1 Å². The SMILES string of the molecule is O=CC1CNCc2nn(Cc3nccc(C(F)(F)F)c3Cl)c(=O)n21. The van der Waals surface area contributed by atoms with E-state index in [0.29, 0.717) is 12.1 Å². The number of hydrogen-bond acceptors (Lipinski definition) is 5. The van der Waals surface area contributed by atoms with Crippen molar-refractivity contribution in [2.45, 2.75) is 25.3 Å². The van der Waals surface area contributed by atoms with Crippen LogP contribution in [0.4, 0.5) is 13.2 Å². The summed E-state index contributed by atoms with van der Waals surface area (Å²) in [4.78, 5) is 27.2. The molecule has 0 aliphatic carbocycles. The Balaban J connectivity index is 2.01. The average Bonchev–Trinajstić information content (AvgIpc) is 2.84. The van der Waals surface area contributed by atoms with Gasteiger partial charge in [0.15, 0.2) is 0 Å². The molecule has 3 rings (SSSR count). The first-order valence-corrected chi connectivity index (χ1v) is 7.25. The molecule has 128 valence electrons. The number of fused-ring (bicyclic) bond motifs is 1. The van der Waals surface area contributed by atoms with Crippen LogP contribution in [0.5, 0.6) is 0 Å². The van der Waals surface area contributed by atoms with Gasteiger partial charge < -0.3 is 10.1 Å². The molecule has 0 saturated carbocycles. The van der Waals surface area contributed by atoms with Gasteiger partial charge >= 0.3 is 11.9 Å². The molecule has 2 aromatic rings. The number of alkyl halides is 3. The van der Waals surface area contributed by atoms with Crippen molar-refractivity contribution in [1.29, 1.82) is 0 Å². The average molecular weight is 362 g/mol. The number of nitrogens with zero attached hydrogens (tertiary/aromatic N) is 4. The molecule has 1 N–H and O–H groups in total. The van der Waals surface area contributed by atoms with Crippen molar-refractivity contribution in [1.82, 2.24) is 24.6 Å². The van der Waals surface area contributed by atoms with Crippen LogP contribution in [0.3, 0.4) is 0 Å². The fourth-order valence-corrected chi connectivity index (χ4v) is 2.79. The Hall–Kier alpha value is -2.20. The van der Waals surface area contributed by atoms with E-state index in [2.05, 4.69) is 15.4 Å². The summed E-state index contributed by atoms with van der Waals surface area (Å²) >= 11 is 5.78. The lowest BCUT2D eigenvalue weighted by Gasteiger charge is -2.18. The minimum absolute atomic E-state index is 0.125. The second-order valence-electron chi connectivity index (χ2n) is 5.18. The van der Waals surface area contributed by atoms with Crippen LogP contribution in [0.15, 0.2) is 17.1 Å². The third-order valence-electron chi connectivity index (χ3n) is 3.63. The van der Waals surface area contributed by atoms with Crippen molar-refractivity contribution in [3.63, 3.8) is 0 Å². The molecule has 0 fully saturated rings. The van der Waals surface area contributed by atoms with Crippen molar-refractivity contribution in [2.75, 3.05) is 6.54 Å². The molecule has 24 heavy (non-hydrogen) atoms. The van der Waals surface area contributed by atoms with Gasteiger partial charge in [-0.2, -0.15) is 18.3 Å². The van der Waals surface area contributed by atoms with Crippen LogP contribution >= 0.6 is 11.6 Å². The fourth-order valence-electron chi connectivity index (χ4n) is 2.51. The highest BCUT2D eigenvalue weighted by molar-refractivity contribution is 6.32. The third kappa shape index (κ3) is 2.82. The van der Waals surface area contributed by atoms with Gasteiger partial charge in [-0.15, -0.1) is 0 Å². The summed E-state index contributed by atoms with van der Waals surface area (Å²) in [6.07, 6.45) is -3.04. The molecule has 2 aromatic heterocycles. The third-order valence-corrected chi connectivity index (χ3v) is 4.05. The molecule has 1 aliphatic rings. The molecular formula is C13H11ClF3N5O2. The van der Waals surface area contributed by atoms with Crippen molar-refractivity contribution < 1.29 is 18.0 Å². The molecule has 0 amide bonds. The Bertz CT molecular complexity index is 845. The lowest BCUT2D eigenvalue weighted by molar-refractivity contribution is -0.137. The number of nitrogens with one attached hydrogen (secondary N) is 1. The molecule has 0 spiro atoms. The van der Waals surface area contributed by atoms with Crippen LogP contribution in [0, 0.1) is 0 Å². The molecule has 11 heteroatoms. The quantitative estimate of drug-likeness (QED) is 0.825. The summed E-state index contributed by atoms with van der Waals surface area (Å²) in [6, 6.07) is 0.0547. The Morgan fingerprint density at radius 2 is 2.21 bits per heavy atom. The van der Waals surface area contributed by atoms with E-state index >= 15 is 0 Å². The Morgan fingerprint density at radius 3 is 2.88 bits per heavy atom. The van der Waals surface area contributed by atoms with Gasteiger partial charge in [-0.1, -0.05) is 11.6 Å². The Labute approximate surface area is 138 Å². The van der Waals surface area contributed by atoms with Crippen molar-refractivity contribution in [3.8, 4) is 0 Å². The first-order valence-electron chi connectivity index (χ1n) is 6.87. The predicted molar refractivity (Wildman–Crippen MR) is 76.6 cm³/mol. The maximum absolute atomic E-state index is 12.9. The van der Waals surface area contributed by atoms with Gasteiger partial charge in [-0.25, -0.2) is 9.48 Å². The Morgan fingerprint density at radius 1 is 1.46 bits per heavy atom. The van der Waals surface area contributed by atoms with Crippen LogP contribution in [0.25, 0.3) is 0 Å². The smallest absolute Gasteiger partial charge is 0.307 e. The van der Waals surface area contributed by atoms with E-state index in [9.17, 15) is 22.8 Å². The zero-order chi connectivity index (χ0) is 17.5. The highest BCUT2D eigenvalue weighted by Gasteiger charge is 2.34. The monoisotopic (exact) mass is 361 g/mol. The van der Waals surface area contributed by atoms with Gasteiger partial charge in [0, 0.05) is 12.7 Å². The van der Waals surface area contributed by atoms with E-state index < -0.39 is 28.5 Å². The summed E-state index contributed by atoms with van der Waals surface area (Å²) in [7, 11) is 0. The number of aromatic nitrogens is 4. The fraction of sp³-hybridized carbons (Fsp3) is 0.385. The zero-order valence-electron chi connectivity index (χ0n) is 12.0. The van der Waals surface area contributed by atoms with Crippen molar-refractivity contribution in [2.24, 2.45) is 0 Å². The van der Waals surface area contributed by atoms with Gasteiger partial charge in [0.05, 0.1) is 29.4 Å². The highest BCUT2D eigenvalue weighted by Crippen LogP contribution is 2.35. The number of aldehydes is 1. The maximum atomic E-state index is 12.9. The Kier molecular flexibility index (Phi) is 4.18. The van der Waals surface area contributed by atoms with Gasteiger partial charge in [0.1, 0.15) is 18.2 Å². The first-order chi connectivity index (χ1) is 11.3. The van der Waals surface area contributed by atoms with Gasteiger partial charge in [0.2, 0.25) is 0 Å². The topological polar surface area (TPSA) is 81.8 Å². The molecule has 0 saturated heterocycles. The molecular weight excluding hydrogens is 351 g/mol. The van der Waals surface area contributed by atoms with E-state index in [1.807, 2.05) is 0 Å².